The van der Waals surface area contributed by atoms with Crippen molar-refractivity contribution in [3.05, 3.63) is 55.8 Å². The molecule has 1 unspecified atom stereocenters. The molecule has 0 bridgehead atoms. The standard InChI is InChI=1S/C28H30N8O11S2/c1-2-3-15-16(47-28(43)46-15)10-45-27(42)34-6-5-14(9-34)35-7-4-12(22(35)38)8-13-11-48-24-18(23(39)36(24)19(13)25(40)41)30-21(37)17(32-44)20-31-26(29)49-33-20/h8,14,17-18,24H,2-7,9-11H2,1H3,(H,30,37)(H,40,41)(H2,29,31,33)/t14-,17?,18-,24-/m1/s1. The number of carboxylic acids is 1. The highest BCUT2D eigenvalue weighted by molar-refractivity contribution is 8.00. The number of hydrogen-bond acceptors (Lipinski definition) is 16. The largest absolute Gasteiger partial charge is 0.519 e. The van der Waals surface area contributed by atoms with Crippen molar-refractivity contribution in [3.8, 4) is 0 Å². The fraction of sp³-hybridized carbons (Fsp3) is 0.500. The van der Waals surface area contributed by atoms with Crippen LogP contribution in [0.25, 0.3) is 0 Å². The average molecular weight is 719 g/mol. The summed E-state index contributed by atoms with van der Waals surface area (Å²) in [5.41, 5.74) is 5.84. The maximum Gasteiger partial charge on any atom is 0.519 e. The van der Waals surface area contributed by atoms with Gasteiger partial charge in [0.05, 0.1) is 6.04 Å². The second kappa shape index (κ2) is 13.8. The molecule has 2 aromatic heterocycles. The number of aryl methyl sites for hydroxylation is 1. The molecule has 21 heteroatoms. The number of nitrogens with zero attached hydrogens (tertiary/aromatic N) is 6. The number of rotatable bonds is 11. The molecule has 4 N–H and O–H groups in total. The molecule has 3 fully saturated rings. The van der Waals surface area contributed by atoms with Crippen molar-refractivity contribution in [2.24, 2.45) is 5.18 Å². The van der Waals surface area contributed by atoms with E-state index < -0.39 is 47.2 Å². The Morgan fingerprint density at radius 1 is 1.22 bits per heavy atom. The molecule has 4 aliphatic rings. The molecule has 4 atom stereocenters. The number of β-lactam (4-membered cyclic amide) rings is 1. The molecule has 0 aliphatic carbocycles. The zero-order chi connectivity index (χ0) is 35.0. The van der Waals surface area contributed by atoms with Crippen molar-refractivity contribution in [1.29, 1.82) is 0 Å². The number of aliphatic carboxylic acids is 1. The first-order valence-electron chi connectivity index (χ1n) is 15.2. The van der Waals surface area contributed by atoms with E-state index in [2.05, 4.69) is 19.9 Å². The topological polar surface area (TPSA) is 261 Å². The first-order chi connectivity index (χ1) is 23.5. The molecule has 0 saturated carbocycles. The Balaban J connectivity index is 1.08. The van der Waals surface area contributed by atoms with Crippen LogP contribution in [0, 0.1) is 4.91 Å². The van der Waals surface area contributed by atoms with Crippen LogP contribution in [0.4, 0.5) is 9.93 Å². The number of amides is 4. The van der Waals surface area contributed by atoms with E-state index in [0.717, 1.165) is 16.4 Å². The third kappa shape index (κ3) is 6.54. The SMILES string of the molecule is CCCc1oc(=O)oc1COC(=O)N1CC[C@@H](N2CCC(=CC3=C(C(=O)O)N4C(=O)[C@@H](NC(=O)C(N=O)c5nsc(N)n5)[C@H]4SC3)C2=O)C1. The minimum absolute atomic E-state index is 0.0261. The van der Waals surface area contributed by atoms with Crippen LogP contribution < -0.4 is 16.9 Å². The molecule has 2 aromatic rings. The second-order valence-electron chi connectivity index (χ2n) is 11.5. The lowest BCUT2D eigenvalue weighted by atomic mass is 10.0. The predicted octanol–water partition coefficient (Wildman–Crippen LogP) is 0.735. The Morgan fingerprint density at radius 2 is 2.00 bits per heavy atom. The number of fused-ring (bicyclic) bond motifs is 1. The number of likely N-dealkylation sites (tertiary alicyclic amines) is 2. The van der Waals surface area contributed by atoms with E-state index in [-0.39, 0.29) is 58.8 Å². The van der Waals surface area contributed by atoms with E-state index in [1.165, 1.54) is 22.7 Å². The highest BCUT2D eigenvalue weighted by Gasteiger charge is 2.54. The Bertz CT molecular complexity index is 1830. The van der Waals surface area contributed by atoms with Gasteiger partial charge in [0.1, 0.15) is 17.1 Å². The highest BCUT2D eigenvalue weighted by atomic mass is 32.2. The number of carbonyl (C=O) groups excluding carboxylic acids is 4. The number of carbonyl (C=O) groups is 5. The fourth-order valence-electron chi connectivity index (χ4n) is 6.13. The molecule has 4 aliphatic heterocycles. The lowest BCUT2D eigenvalue weighted by Crippen LogP contribution is -2.70. The maximum atomic E-state index is 13.5. The van der Waals surface area contributed by atoms with Crippen molar-refractivity contribution in [2.75, 3.05) is 31.1 Å². The number of nitrogens with two attached hydrogens (primary N) is 1. The van der Waals surface area contributed by atoms with Crippen LogP contribution in [0.3, 0.4) is 0 Å². The molecule has 6 rings (SSSR count). The minimum Gasteiger partial charge on any atom is -0.477 e. The highest BCUT2D eigenvalue weighted by Crippen LogP contribution is 2.41. The number of nitrogen functional groups attached to an aromatic ring is 1. The monoisotopic (exact) mass is 718 g/mol. The zero-order valence-electron chi connectivity index (χ0n) is 25.9. The summed E-state index contributed by atoms with van der Waals surface area (Å²) in [5.74, 6) is -3.79. The number of allylic oxidation sites excluding steroid dienone is 1. The van der Waals surface area contributed by atoms with Crippen LogP contribution >= 0.6 is 23.3 Å². The van der Waals surface area contributed by atoms with Crippen LogP contribution in [0.1, 0.15) is 49.6 Å². The van der Waals surface area contributed by atoms with Crippen molar-refractivity contribution in [1.82, 2.24) is 29.4 Å². The third-order valence-electron chi connectivity index (χ3n) is 8.45. The summed E-state index contributed by atoms with van der Waals surface area (Å²) < 4.78 is 19.1. The molecule has 260 valence electrons. The van der Waals surface area contributed by atoms with Gasteiger partial charge in [-0.3, -0.25) is 19.3 Å². The summed E-state index contributed by atoms with van der Waals surface area (Å²) in [6.45, 7) is 2.54. The number of nitrogens with one attached hydrogen (secondary N) is 1. The summed E-state index contributed by atoms with van der Waals surface area (Å²) >= 11 is 1.96. The van der Waals surface area contributed by atoms with Crippen LogP contribution in [0.15, 0.2) is 41.7 Å². The quantitative estimate of drug-likeness (QED) is 0.164. The second-order valence-corrected chi connectivity index (χ2v) is 13.4. The maximum absolute atomic E-state index is 13.5. The molecule has 0 aromatic carbocycles. The smallest absolute Gasteiger partial charge is 0.477 e. The summed E-state index contributed by atoms with van der Waals surface area (Å²) in [4.78, 5) is 95.2. The minimum atomic E-state index is -1.64. The molecular formula is C28H30N8O11S2. The molecule has 19 nitrogen and oxygen atoms in total. The number of hydrogen-bond donors (Lipinski definition) is 3. The van der Waals surface area contributed by atoms with Gasteiger partial charge in [-0.1, -0.05) is 6.92 Å². The van der Waals surface area contributed by atoms with Crippen LogP contribution in [-0.4, -0.2) is 102 Å². The molecule has 0 spiro atoms. The Hall–Kier alpha value is -5.05. The van der Waals surface area contributed by atoms with Crippen LogP contribution in [-0.2, 0) is 36.9 Å². The van der Waals surface area contributed by atoms with Crippen molar-refractivity contribution in [2.45, 2.75) is 62.7 Å². The first kappa shape index (κ1) is 33.8. The van der Waals surface area contributed by atoms with E-state index in [9.17, 15) is 38.8 Å². The van der Waals surface area contributed by atoms with Gasteiger partial charge >= 0.3 is 17.9 Å². The van der Waals surface area contributed by atoms with E-state index in [0.29, 0.717) is 50.1 Å². The number of thioether (sulfide) groups is 1. The fourth-order valence-corrected chi connectivity index (χ4v) is 7.89. The van der Waals surface area contributed by atoms with Gasteiger partial charge in [0.2, 0.25) is 11.9 Å². The van der Waals surface area contributed by atoms with E-state index in [1.54, 1.807) is 4.90 Å². The van der Waals surface area contributed by atoms with Crippen molar-refractivity contribution in [3.63, 3.8) is 0 Å². The van der Waals surface area contributed by atoms with Gasteiger partial charge in [-0.2, -0.15) is 4.37 Å². The van der Waals surface area contributed by atoms with Gasteiger partial charge in [0.15, 0.2) is 29.1 Å². The van der Waals surface area contributed by atoms with Gasteiger partial charge in [-0.05, 0) is 36.1 Å². The Morgan fingerprint density at radius 3 is 2.69 bits per heavy atom. The summed E-state index contributed by atoms with van der Waals surface area (Å²) in [6, 6.07) is -3.07. The molecule has 4 amide bonds. The van der Waals surface area contributed by atoms with Crippen molar-refractivity contribution >= 4 is 58.2 Å². The van der Waals surface area contributed by atoms with E-state index in [1.807, 2.05) is 6.92 Å². The Labute approximate surface area is 284 Å². The summed E-state index contributed by atoms with van der Waals surface area (Å²) in [5, 5.41) is 14.5. The number of carboxylic acid groups (broad SMARTS) is 1. The molecule has 0 radical (unpaired) electrons. The van der Waals surface area contributed by atoms with E-state index >= 15 is 0 Å². The van der Waals surface area contributed by atoms with E-state index in [4.69, 9.17) is 19.3 Å². The molecule has 49 heavy (non-hydrogen) atoms. The molecule has 6 heterocycles. The van der Waals surface area contributed by atoms with Crippen LogP contribution in [0.5, 0.6) is 0 Å². The van der Waals surface area contributed by atoms with Crippen LogP contribution in [0.2, 0.25) is 0 Å². The van der Waals surface area contributed by atoms with Gasteiger partial charge in [-0.25, -0.2) is 19.4 Å². The summed E-state index contributed by atoms with van der Waals surface area (Å²) in [7, 11) is 0. The van der Waals surface area contributed by atoms with Gasteiger partial charge in [-0.15, -0.1) is 16.7 Å². The first-order valence-corrected chi connectivity index (χ1v) is 17.0. The third-order valence-corrected chi connectivity index (χ3v) is 10.3. The Kier molecular flexibility index (Phi) is 9.54. The summed E-state index contributed by atoms with van der Waals surface area (Å²) in [6.07, 6.45) is 2.85. The van der Waals surface area contributed by atoms with Gasteiger partial charge < -0.3 is 39.5 Å². The number of aromatic nitrogens is 2. The zero-order valence-corrected chi connectivity index (χ0v) is 27.5. The van der Waals surface area contributed by atoms with Crippen molar-refractivity contribution < 1.29 is 42.7 Å². The number of anilines is 1. The lowest BCUT2D eigenvalue weighted by molar-refractivity contribution is -0.150. The average Bonchev–Trinajstić information content (AvgIpc) is 3.87. The number of ether oxygens (including phenoxy) is 1. The normalized spacial score (nSPS) is 23.5. The molecular weight excluding hydrogens is 688 g/mol. The number of nitroso groups, excluding NO2 is 1. The molecule has 3 saturated heterocycles. The van der Waals surface area contributed by atoms with Gasteiger partial charge in [0.25, 0.3) is 11.8 Å². The van der Waals surface area contributed by atoms with Gasteiger partial charge in [0, 0.05) is 48.9 Å². The predicted molar refractivity (Wildman–Crippen MR) is 168 cm³/mol. The lowest BCUT2D eigenvalue weighted by Gasteiger charge is -2.49.